The molecule has 0 aromatic carbocycles. The molecule has 2 fully saturated rings. The second-order valence-corrected chi connectivity index (χ2v) is 4.84. The molecule has 0 aromatic rings. The lowest BCUT2D eigenvalue weighted by molar-refractivity contribution is -0.125. The van der Waals surface area contributed by atoms with Crippen LogP contribution in [-0.2, 0) is 9.59 Å². The van der Waals surface area contributed by atoms with E-state index in [2.05, 4.69) is 10.6 Å². The van der Waals surface area contributed by atoms with Crippen molar-refractivity contribution in [3.05, 3.63) is 0 Å². The van der Waals surface area contributed by atoms with Gasteiger partial charge in [0.1, 0.15) is 0 Å². The number of carbonyl (C=O) groups excluding carboxylic acids is 2. The van der Waals surface area contributed by atoms with Gasteiger partial charge in [-0.2, -0.15) is 0 Å². The molecule has 0 unspecified atom stereocenters. The van der Waals surface area contributed by atoms with E-state index < -0.39 is 0 Å². The van der Waals surface area contributed by atoms with Gasteiger partial charge in [-0.1, -0.05) is 12.8 Å². The van der Waals surface area contributed by atoms with E-state index in [1.54, 1.807) is 0 Å². The van der Waals surface area contributed by atoms with Crippen LogP contribution in [0.4, 0.5) is 0 Å². The van der Waals surface area contributed by atoms with Crippen LogP contribution in [0.2, 0.25) is 0 Å². The third-order valence-corrected chi connectivity index (χ3v) is 3.40. The maximum atomic E-state index is 11.6. The summed E-state index contributed by atoms with van der Waals surface area (Å²) in [6, 6.07) is 0. The minimum Gasteiger partial charge on any atom is -0.354 e. The van der Waals surface area contributed by atoms with Crippen molar-refractivity contribution >= 4 is 11.8 Å². The van der Waals surface area contributed by atoms with Gasteiger partial charge in [0.15, 0.2) is 0 Å². The number of hydrogen-bond acceptors (Lipinski definition) is 2. The quantitative estimate of drug-likeness (QED) is 0.679. The molecule has 0 bridgehead atoms. The summed E-state index contributed by atoms with van der Waals surface area (Å²) in [5, 5.41) is 5.72. The van der Waals surface area contributed by atoms with E-state index in [9.17, 15) is 9.59 Å². The van der Waals surface area contributed by atoms with Crippen molar-refractivity contribution in [2.45, 2.75) is 38.5 Å². The minimum absolute atomic E-state index is 0.148. The van der Waals surface area contributed by atoms with Gasteiger partial charge < -0.3 is 10.6 Å². The Morgan fingerprint density at radius 3 is 1.69 bits per heavy atom. The number of carbonyl (C=O) groups is 2. The van der Waals surface area contributed by atoms with E-state index in [-0.39, 0.29) is 23.7 Å². The van der Waals surface area contributed by atoms with Crippen molar-refractivity contribution in [2.75, 3.05) is 13.1 Å². The Kier molecular flexibility index (Phi) is 3.80. The molecule has 0 radical (unpaired) electrons. The summed E-state index contributed by atoms with van der Waals surface area (Å²) in [6.45, 7) is 1.13. The molecule has 2 saturated carbocycles. The highest BCUT2D eigenvalue weighted by molar-refractivity contribution is 5.81. The Morgan fingerprint density at radius 1 is 0.812 bits per heavy atom. The van der Waals surface area contributed by atoms with Gasteiger partial charge in [0.05, 0.1) is 0 Å². The van der Waals surface area contributed by atoms with E-state index in [0.717, 1.165) is 25.7 Å². The second kappa shape index (κ2) is 5.32. The molecule has 0 saturated heterocycles. The normalized spacial score (nSPS) is 20.8. The molecule has 0 atom stereocenters. The molecule has 0 aromatic heterocycles. The molecule has 0 heterocycles. The van der Waals surface area contributed by atoms with Crippen molar-refractivity contribution < 1.29 is 9.59 Å². The lowest BCUT2D eigenvalue weighted by Gasteiger charge is -2.10. The Bertz CT molecular complexity index is 268. The molecular formula is C12H20N2O2. The number of nitrogens with one attached hydrogen (secondary N) is 2. The SMILES string of the molecule is O=C(NCCNC(=O)C1CC1)C1CCCC1. The van der Waals surface area contributed by atoms with Gasteiger partial charge in [0, 0.05) is 24.9 Å². The molecule has 90 valence electrons. The zero-order chi connectivity index (χ0) is 11.4. The number of amides is 2. The number of rotatable bonds is 5. The van der Waals surface area contributed by atoms with Gasteiger partial charge in [-0.05, 0) is 25.7 Å². The molecule has 2 aliphatic carbocycles. The molecule has 2 N–H and O–H groups in total. The molecular weight excluding hydrogens is 204 g/mol. The fraction of sp³-hybridized carbons (Fsp3) is 0.833. The van der Waals surface area contributed by atoms with Gasteiger partial charge >= 0.3 is 0 Å². The van der Waals surface area contributed by atoms with E-state index in [1.165, 1.54) is 12.8 Å². The van der Waals surface area contributed by atoms with Crippen molar-refractivity contribution in [3.63, 3.8) is 0 Å². The standard InChI is InChI=1S/C12H20N2O2/c15-11(9-3-1-2-4-9)13-7-8-14-12(16)10-5-6-10/h9-10H,1-8H2,(H,13,15)(H,14,16). The summed E-state index contributed by atoms with van der Waals surface area (Å²) in [7, 11) is 0. The van der Waals surface area contributed by atoms with E-state index >= 15 is 0 Å². The van der Waals surface area contributed by atoms with Crippen molar-refractivity contribution in [1.82, 2.24) is 10.6 Å². The van der Waals surface area contributed by atoms with Crippen LogP contribution in [0.5, 0.6) is 0 Å². The monoisotopic (exact) mass is 224 g/mol. The fourth-order valence-electron chi connectivity index (χ4n) is 2.19. The first-order chi connectivity index (χ1) is 7.77. The zero-order valence-electron chi connectivity index (χ0n) is 9.63. The maximum absolute atomic E-state index is 11.6. The maximum Gasteiger partial charge on any atom is 0.223 e. The molecule has 16 heavy (non-hydrogen) atoms. The minimum atomic E-state index is 0.148. The predicted octanol–water partition coefficient (Wildman–Crippen LogP) is 0.819. The average Bonchev–Trinajstić information content (AvgIpc) is 2.99. The smallest absolute Gasteiger partial charge is 0.223 e. The van der Waals surface area contributed by atoms with Crippen LogP contribution in [-0.4, -0.2) is 24.9 Å². The molecule has 2 amide bonds. The average molecular weight is 224 g/mol. The second-order valence-electron chi connectivity index (χ2n) is 4.84. The summed E-state index contributed by atoms with van der Waals surface area (Å²) < 4.78 is 0. The topological polar surface area (TPSA) is 58.2 Å². The summed E-state index contributed by atoms with van der Waals surface area (Å²) in [6.07, 6.45) is 6.47. The fourth-order valence-corrected chi connectivity index (χ4v) is 2.19. The molecule has 0 aliphatic heterocycles. The summed E-state index contributed by atoms with van der Waals surface area (Å²) in [5.74, 6) is 0.790. The van der Waals surface area contributed by atoms with E-state index in [4.69, 9.17) is 0 Å². The van der Waals surface area contributed by atoms with Crippen molar-refractivity contribution in [2.24, 2.45) is 11.8 Å². The van der Waals surface area contributed by atoms with Gasteiger partial charge in [-0.25, -0.2) is 0 Å². The molecule has 2 rings (SSSR count). The Labute approximate surface area is 96.2 Å². The largest absolute Gasteiger partial charge is 0.354 e. The summed E-state index contributed by atoms with van der Waals surface area (Å²) >= 11 is 0. The third-order valence-electron chi connectivity index (χ3n) is 3.40. The van der Waals surface area contributed by atoms with Gasteiger partial charge in [0.25, 0.3) is 0 Å². The predicted molar refractivity (Wildman–Crippen MR) is 60.7 cm³/mol. The zero-order valence-corrected chi connectivity index (χ0v) is 9.63. The number of hydrogen-bond donors (Lipinski definition) is 2. The van der Waals surface area contributed by atoms with Crippen LogP contribution in [0.15, 0.2) is 0 Å². The van der Waals surface area contributed by atoms with Crippen LogP contribution in [0.3, 0.4) is 0 Å². The van der Waals surface area contributed by atoms with Crippen LogP contribution in [0, 0.1) is 11.8 Å². The summed E-state index contributed by atoms with van der Waals surface area (Å²) in [4.78, 5) is 22.9. The highest BCUT2D eigenvalue weighted by Gasteiger charge is 2.29. The highest BCUT2D eigenvalue weighted by Crippen LogP contribution is 2.28. The van der Waals surface area contributed by atoms with Crippen LogP contribution < -0.4 is 10.6 Å². The Morgan fingerprint density at radius 2 is 1.25 bits per heavy atom. The van der Waals surface area contributed by atoms with Gasteiger partial charge in [0.2, 0.25) is 11.8 Å². The first kappa shape index (κ1) is 11.4. The molecule has 4 heteroatoms. The first-order valence-electron chi connectivity index (χ1n) is 6.33. The molecule has 0 spiro atoms. The van der Waals surface area contributed by atoms with E-state index in [0.29, 0.717) is 13.1 Å². The highest BCUT2D eigenvalue weighted by atomic mass is 16.2. The lowest BCUT2D eigenvalue weighted by atomic mass is 10.1. The van der Waals surface area contributed by atoms with E-state index in [1.807, 2.05) is 0 Å². The molecule has 4 nitrogen and oxygen atoms in total. The third kappa shape index (κ3) is 3.22. The lowest BCUT2D eigenvalue weighted by Crippen LogP contribution is -2.37. The Balaban J connectivity index is 1.53. The van der Waals surface area contributed by atoms with Gasteiger partial charge in [-0.3, -0.25) is 9.59 Å². The van der Waals surface area contributed by atoms with Gasteiger partial charge in [-0.15, -0.1) is 0 Å². The van der Waals surface area contributed by atoms with Crippen molar-refractivity contribution in [1.29, 1.82) is 0 Å². The molecule has 2 aliphatic rings. The first-order valence-corrected chi connectivity index (χ1v) is 6.33. The van der Waals surface area contributed by atoms with Crippen LogP contribution in [0.25, 0.3) is 0 Å². The Hall–Kier alpha value is -1.06. The van der Waals surface area contributed by atoms with Crippen LogP contribution >= 0.6 is 0 Å². The van der Waals surface area contributed by atoms with Crippen molar-refractivity contribution in [3.8, 4) is 0 Å². The van der Waals surface area contributed by atoms with Crippen LogP contribution in [0.1, 0.15) is 38.5 Å². The summed E-state index contributed by atoms with van der Waals surface area (Å²) in [5.41, 5.74) is 0.